The first kappa shape index (κ1) is 20.3. The van der Waals surface area contributed by atoms with Crippen LogP contribution in [0.2, 0.25) is 5.02 Å². The molecule has 30 heavy (non-hydrogen) atoms. The molecular formula is C25H22ClNO3. The topological polar surface area (TPSA) is 59.4 Å². The van der Waals surface area contributed by atoms with E-state index in [0.717, 1.165) is 32.8 Å². The summed E-state index contributed by atoms with van der Waals surface area (Å²) >= 11 is 6.34. The van der Waals surface area contributed by atoms with E-state index in [4.69, 9.17) is 21.3 Å². The Labute approximate surface area is 180 Å². The lowest BCUT2D eigenvalue weighted by Gasteiger charge is -2.23. The number of carboxylic acids is 1. The molecule has 0 saturated carbocycles. The molecule has 0 aliphatic heterocycles. The van der Waals surface area contributed by atoms with Crippen molar-refractivity contribution in [3.8, 4) is 11.1 Å². The first-order valence-corrected chi connectivity index (χ1v) is 10.2. The van der Waals surface area contributed by atoms with Crippen LogP contribution in [0.3, 0.4) is 0 Å². The van der Waals surface area contributed by atoms with Crippen LogP contribution in [0.5, 0.6) is 0 Å². The minimum Gasteiger partial charge on any atom is -0.479 e. The maximum absolute atomic E-state index is 12.3. The van der Waals surface area contributed by atoms with Crippen LogP contribution in [0.25, 0.3) is 32.8 Å². The zero-order valence-corrected chi connectivity index (χ0v) is 17.8. The molecule has 1 atom stereocenters. The summed E-state index contributed by atoms with van der Waals surface area (Å²) in [6.45, 7) is 5.49. The van der Waals surface area contributed by atoms with Crippen molar-refractivity contribution >= 4 is 39.2 Å². The lowest BCUT2D eigenvalue weighted by Crippen LogP contribution is -2.21. The number of halogens is 1. The van der Waals surface area contributed by atoms with E-state index in [0.29, 0.717) is 16.3 Å². The molecule has 0 spiro atoms. The monoisotopic (exact) mass is 419 g/mol. The van der Waals surface area contributed by atoms with Crippen LogP contribution in [0.1, 0.15) is 31.2 Å². The number of ether oxygens (including phenoxy) is 1. The molecule has 0 bridgehead atoms. The van der Waals surface area contributed by atoms with E-state index in [-0.39, 0.29) is 6.10 Å². The molecule has 152 valence electrons. The van der Waals surface area contributed by atoms with Gasteiger partial charge in [-0.3, -0.25) is 4.98 Å². The zero-order chi connectivity index (χ0) is 21.4. The van der Waals surface area contributed by atoms with Crippen molar-refractivity contribution in [2.75, 3.05) is 0 Å². The van der Waals surface area contributed by atoms with Crippen LogP contribution in [-0.4, -0.2) is 22.2 Å². The van der Waals surface area contributed by atoms with E-state index in [1.54, 1.807) is 6.07 Å². The van der Waals surface area contributed by atoms with Gasteiger partial charge in [0.2, 0.25) is 0 Å². The third-order valence-electron chi connectivity index (χ3n) is 5.13. The minimum atomic E-state index is -1.14. The summed E-state index contributed by atoms with van der Waals surface area (Å²) in [6.07, 6.45) is -1.41. The van der Waals surface area contributed by atoms with E-state index in [2.05, 4.69) is 0 Å². The van der Waals surface area contributed by atoms with Gasteiger partial charge < -0.3 is 9.84 Å². The third kappa shape index (κ3) is 3.64. The molecule has 1 unspecified atom stereocenters. The highest BCUT2D eigenvalue weighted by molar-refractivity contribution is 6.31. The first-order valence-electron chi connectivity index (χ1n) is 9.83. The summed E-state index contributed by atoms with van der Waals surface area (Å²) < 4.78 is 5.86. The fourth-order valence-corrected chi connectivity index (χ4v) is 4.12. The molecule has 0 aliphatic carbocycles. The second-order valence-electron chi connectivity index (χ2n) is 7.58. The molecule has 0 radical (unpaired) electrons. The highest BCUT2D eigenvalue weighted by Crippen LogP contribution is 2.41. The van der Waals surface area contributed by atoms with Gasteiger partial charge in [-0.15, -0.1) is 0 Å². The summed E-state index contributed by atoms with van der Waals surface area (Å²) in [5.74, 6) is -1.04. The molecule has 4 nitrogen and oxygen atoms in total. The lowest BCUT2D eigenvalue weighted by molar-refractivity contribution is -0.153. The van der Waals surface area contributed by atoms with Crippen molar-refractivity contribution in [2.45, 2.75) is 33.0 Å². The number of hydrogen-bond donors (Lipinski definition) is 1. The van der Waals surface area contributed by atoms with Crippen LogP contribution in [0.15, 0.2) is 60.7 Å². The normalized spacial score (nSPS) is 12.6. The Morgan fingerprint density at radius 2 is 1.77 bits per heavy atom. The van der Waals surface area contributed by atoms with E-state index in [9.17, 15) is 9.90 Å². The van der Waals surface area contributed by atoms with Crippen LogP contribution >= 0.6 is 11.6 Å². The molecule has 1 aromatic heterocycles. The predicted molar refractivity (Wildman–Crippen MR) is 121 cm³/mol. The second-order valence-corrected chi connectivity index (χ2v) is 8.01. The van der Waals surface area contributed by atoms with Gasteiger partial charge >= 0.3 is 5.97 Å². The van der Waals surface area contributed by atoms with Gasteiger partial charge in [0.15, 0.2) is 6.10 Å². The molecule has 0 fully saturated rings. The van der Waals surface area contributed by atoms with E-state index in [1.165, 1.54) is 0 Å². The van der Waals surface area contributed by atoms with Gasteiger partial charge in [0.05, 0.1) is 11.6 Å². The number of aromatic nitrogens is 1. The van der Waals surface area contributed by atoms with Crippen LogP contribution in [-0.2, 0) is 9.53 Å². The SMILES string of the molecule is Cc1nc2ccc(Cl)cc2c(-c2cccc3ccccc23)c1C(OC(C)C)C(=O)O. The molecule has 0 amide bonds. The molecule has 3 aromatic carbocycles. The van der Waals surface area contributed by atoms with Crippen molar-refractivity contribution in [1.29, 1.82) is 0 Å². The average Bonchev–Trinajstić information content (AvgIpc) is 2.71. The van der Waals surface area contributed by atoms with Crippen molar-refractivity contribution in [2.24, 2.45) is 0 Å². The van der Waals surface area contributed by atoms with Gasteiger partial charge in [-0.2, -0.15) is 0 Å². The Balaban J connectivity index is 2.17. The molecule has 1 heterocycles. The highest BCUT2D eigenvalue weighted by Gasteiger charge is 2.30. The van der Waals surface area contributed by atoms with Crippen LogP contribution in [0.4, 0.5) is 0 Å². The van der Waals surface area contributed by atoms with Crippen LogP contribution in [0, 0.1) is 6.92 Å². The number of aliphatic carboxylic acids is 1. The number of nitrogens with zero attached hydrogens (tertiary/aromatic N) is 1. The summed E-state index contributed by atoms with van der Waals surface area (Å²) in [7, 11) is 0. The largest absolute Gasteiger partial charge is 0.479 e. The number of pyridine rings is 1. The molecule has 5 heteroatoms. The number of fused-ring (bicyclic) bond motifs is 2. The maximum Gasteiger partial charge on any atom is 0.337 e. The maximum atomic E-state index is 12.3. The number of hydrogen-bond acceptors (Lipinski definition) is 3. The molecule has 4 aromatic rings. The third-order valence-corrected chi connectivity index (χ3v) is 5.36. The molecular weight excluding hydrogens is 398 g/mol. The van der Waals surface area contributed by atoms with Gasteiger partial charge in [-0.1, -0.05) is 54.1 Å². The van der Waals surface area contributed by atoms with E-state index >= 15 is 0 Å². The second kappa shape index (κ2) is 8.05. The molecule has 1 N–H and O–H groups in total. The van der Waals surface area contributed by atoms with Crippen LogP contribution < -0.4 is 0 Å². The quantitative estimate of drug-likeness (QED) is 0.397. The highest BCUT2D eigenvalue weighted by atomic mass is 35.5. The van der Waals surface area contributed by atoms with Gasteiger partial charge in [0, 0.05) is 21.7 Å². The fraction of sp³-hybridized carbons (Fsp3) is 0.200. The molecule has 0 saturated heterocycles. The number of carboxylic acid groups (broad SMARTS) is 1. The molecule has 0 aliphatic rings. The summed E-state index contributed by atoms with van der Waals surface area (Å²) in [5, 5.41) is 13.5. The Kier molecular flexibility index (Phi) is 5.46. The predicted octanol–water partition coefficient (Wildman–Crippen LogP) is 6.57. The van der Waals surface area contributed by atoms with E-state index < -0.39 is 12.1 Å². The number of rotatable bonds is 5. The number of benzene rings is 3. The fourth-order valence-electron chi connectivity index (χ4n) is 3.95. The number of carbonyl (C=O) groups is 1. The van der Waals surface area contributed by atoms with Gasteiger partial charge in [0.25, 0.3) is 0 Å². The summed E-state index contributed by atoms with van der Waals surface area (Å²) in [4.78, 5) is 17.0. The lowest BCUT2D eigenvalue weighted by atomic mass is 9.88. The van der Waals surface area contributed by atoms with Crippen molar-refractivity contribution < 1.29 is 14.6 Å². The van der Waals surface area contributed by atoms with Crippen molar-refractivity contribution in [1.82, 2.24) is 4.98 Å². The average molecular weight is 420 g/mol. The zero-order valence-electron chi connectivity index (χ0n) is 17.0. The van der Waals surface area contributed by atoms with Gasteiger partial charge in [-0.25, -0.2) is 4.79 Å². The Morgan fingerprint density at radius 3 is 2.50 bits per heavy atom. The van der Waals surface area contributed by atoms with Crippen molar-refractivity contribution in [3.63, 3.8) is 0 Å². The minimum absolute atomic E-state index is 0.263. The summed E-state index contributed by atoms with van der Waals surface area (Å²) in [5.41, 5.74) is 3.67. The Bertz CT molecular complexity index is 1260. The van der Waals surface area contributed by atoms with Gasteiger partial charge in [0.1, 0.15) is 0 Å². The Morgan fingerprint density at radius 1 is 1.03 bits per heavy atom. The number of aryl methyl sites for hydroxylation is 1. The van der Waals surface area contributed by atoms with Gasteiger partial charge in [-0.05, 0) is 60.9 Å². The molecule has 4 rings (SSSR count). The van der Waals surface area contributed by atoms with Crippen molar-refractivity contribution in [3.05, 3.63) is 76.9 Å². The first-order chi connectivity index (χ1) is 14.4. The Hall–Kier alpha value is -2.95. The smallest absolute Gasteiger partial charge is 0.337 e. The van der Waals surface area contributed by atoms with E-state index in [1.807, 2.05) is 75.4 Å². The summed E-state index contributed by atoms with van der Waals surface area (Å²) in [6, 6.07) is 19.6. The standard InChI is InChI=1S/C25H22ClNO3/c1-14(2)30-24(25(28)29)22-15(3)27-21-12-11-17(26)13-20(21)23(22)19-10-6-8-16-7-4-5-9-18(16)19/h4-14,24H,1-3H3,(H,28,29).